The minimum absolute atomic E-state index is 0.286. The lowest BCUT2D eigenvalue weighted by Crippen LogP contribution is -2.45. The second-order valence-electron chi connectivity index (χ2n) is 5.12. The van der Waals surface area contributed by atoms with Crippen LogP contribution in [0.3, 0.4) is 0 Å². The minimum atomic E-state index is 0.286. The lowest BCUT2D eigenvalue weighted by Gasteiger charge is -2.34. The molecule has 2 rings (SSSR count). The van der Waals surface area contributed by atoms with Crippen LogP contribution >= 0.6 is 0 Å². The molecule has 1 aliphatic heterocycles. The minimum Gasteiger partial charge on any atom is -0.373 e. The second kappa shape index (κ2) is 6.24. The molecular formula is C12H23N5O. The van der Waals surface area contributed by atoms with Crippen LogP contribution in [0.1, 0.15) is 39.4 Å². The molecule has 1 fully saturated rings. The zero-order valence-corrected chi connectivity index (χ0v) is 11.5. The molecule has 2 atom stereocenters. The van der Waals surface area contributed by atoms with E-state index in [4.69, 9.17) is 4.74 Å². The molecule has 2 heterocycles. The van der Waals surface area contributed by atoms with Crippen LogP contribution in [0.25, 0.3) is 0 Å². The van der Waals surface area contributed by atoms with Crippen LogP contribution in [0.15, 0.2) is 0 Å². The fraction of sp³-hybridized carbons (Fsp3) is 0.917. The van der Waals surface area contributed by atoms with Gasteiger partial charge in [-0.2, -0.15) is 0 Å². The zero-order chi connectivity index (χ0) is 13.0. The summed E-state index contributed by atoms with van der Waals surface area (Å²) in [7, 11) is 0. The molecule has 0 amide bonds. The lowest BCUT2D eigenvalue weighted by molar-refractivity contribution is -0.0713. The number of unbranched alkanes of at least 4 members (excludes halogenated alkanes) is 1. The zero-order valence-electron chi connectivity index (χ0n) is 11.5. The van der Waals surface area contributed by atoms with Gasteiger partial charge in [0.2, 0.25) is 0 Å². The Morgan fingerprint density at radius 1 is 1.28 bits per heavy atom. The van der Waals surface area contributed by atoms with Crippen molar-refractivity contribution in [3.63, 3.8) is 0 Å². The second-order valence-corrected chi connectivity index (χ2v) is 5.12. The van der Waals surface area contributed by atoms with Crippen molar-refractivity contribution in [2.75, 3.05) is 13.1 Å². The lowest BCUT2D eigenvalue weighted by atomic mass is 10.2. The maximum Gasteiger partial charge on any atom is 0.165 e. The molecule has 0 spiro atoms. The third-order valence-corrected chi connectivity index (χ3v) is 3.19. The van der Waals surface area contributed by atoms with E-state index < -0.39 is 0 Å². The maximum absolute atomic E-state index is 5.73. The number of rotatable bonds is 5. The largest absolute Gasteiger partial charge is 0.373 e. The van der Waals surface area contributed by atoms with Crippen molar-refractivity contribution in [1.29, 1.82) is 0 Å². The summed E-state index contributed by atoms with van der Waals surface area (Å²) in [5.74, 6) is 0.963. The van der Waals surface area contributed by atoms with E-state index in [0.29, 0.717) is 0 Å². The quantitative estimate of drug-likeness (QED) is 0.786. The van der Waals surface area contributed by atoms with Gasteiger partial charge in [0.05, 0.1) is 18.8 Å². The Balaban J connectivity index is 1.94. The number of aryl methyl sites for hydroxylation is 1. The van der Waals surface area contributed by atoms with E-state index >= 15 is 0 Å². The predicted molar refractivity (Wildman–Crippen MR) is 68.0 cm³/mol. The molecule has 6 heteroatoms. The molecule has 6 nitrogen and oxygen atoms in total. The molecule has 0 radical (unpaired) electrons. The SMILES string of the molecule is CCCCn1nnnc1CN1CC(C)OC(C)C1. The highest BCUT2D eigenvalue weighted by Gasteiger charge is 2.23. The fourth-order valence-electron chi connectivity index (χ4n) is 2.43. The van der Waals surface area contributed by atoms with Crippen molar-refractivity contribution < 1.29 is 4.74 Å². The number of tetrazole rings is 1. The maximum atomic E-state index is 5.73. The third kappa shape index (κ3) is 3.49. The van der Waals surface area contributed by atoms with Crippen LogP contribution in [0.4, 0.5) is 0 Å². The van der Waals surface area contributed by atoms with Crippen LogP contribution in [-0.4, -0.2) is 50.4 Å². The predicted octanol–water partition coefficient (Wildman–Crippen LogP) is 1.08. The van der Waals surface area contributed by atoms with Gasteiger partial charge in [-0.1, -0.05) is 13.3 Å². The Kier molecular flexibility index (Phi) is 4.66. The summed E-state index contributed by atoms with van der Waals surface area (Å²) < 4.78 is 7.66. The Bertz CT molecular complexity index is 357. The summed E-state index contributed by atoms with van der Waals surface area (Å²) in [5.41, 5.74) is 0. The Morgan fingerprint density at radius 2 is 2.00 bits per heavy atom. The molecule has 0 bridgehead atoms. The van der Waals surface area contributed by atoms with E-state index in [2.05, 4.69) is 41.2 Å². The summed E-state index contributed by atoms with van der Waals surface area (Å²) in [4.78, 5) is 2.37. The molecule has 1 saturated heterocycles. The molecule has 0 N–H and O–H groups in total. The van der Waals surface area contributed by atoms with E-state index in [0.717, 1.165) is 44.8 Å². The van der Waals surface area contributed by atoms with Gasteiger partial charge in [-0.15, -0.1) is 5.10 Å². The van der Waals surface area contributed by atoms with Gasteiger partial charge in [-0.05, 0) is 30.7 Å². The highest BCUT2D eigenvalue weighted by atomic mass is 16.5. The first-order valence-electron chi connectivity index (χ1n) is 6.82. The van der Waals surface area contributed by atoms with E-state index in [1.165, 1.54) is 0 Å². The summed E-state index contributed by atoms with van der Waals surface area (Å²) in [5, 5.41) is 12.0. The van der Waals surface area contributed by atoms with Gasteiger partial charge in [0.25, 0.3) is 0 Å². The van der Waals surface area contributed by atoms with Gasteiger partial charge in [0.1, 0.15) is 0 Å². The van der Waals surface area contributed by atoms with E-state index in [1.807, 2.05) is 4.68 Å². The Hall–Kier alpha value is -1.01. The molecule has 102 valence electrons. The number of ether oxygens (including phenoxy) is 1. The summed E-state index contributed by atoms with van der Waals surface area (Å²) >= 11 is 0. The van der Waals surface area contributed by atoms with Gasteiger partial charge >= 0.3 is 0 Å². The number of morpholine rings is 1. The summed E-state index contributed by atoms with van der Waals surface area (Å²) in [6.45, 7) is 10.0. The van der Waals surface area contributed by atoms with Gasteiger partial charge in [-0.25, -0.2) is 4.68 Å². The smallest absolute Gasteiger partial charge is 0.165 e. The molecule has 1 aromatic rings. The Labute approximate surface area is 108 Å². The van der Waals surface area contributed by atoms with Crippen molar-refractivity contribution in [1.82, 2.24) is 25.1 Å². The van der Waals surface area contributed by atoms with Gasteiger partial charge in [0.15, 0.2) is 5.82 Å². The highest BCUT2D eigenvalue weighted by Crippen LogP contribution is 2.13. The van der Waals surface area contributed by atoms with Gasteiger partial charge < -0.3 is 4.74 Å². The first kappa shape index (κ1) is 13.4. The highest BCUT2D eigenvalue weighted by molar-refractivity contribution is 4.84. The molecule has 18 heavy (non-hydrogen) atoms. The van der Waals surface area contributed by atoms with Crippen molar-refractivity contribution in [3.8, 4) is 0 Å². The van der Waals surface area contributed by atoms with Crippen molar-refractivity contribution in [2.24, 2.45) is 0 Å². The molecule has 2 unspecified atom stereocenters. The van der Waals surface area contributed by atoms with Crippen LogP contribution in [0, 0.1) is 0 Å². The average molecular weight is 253 g/mol. The first-order chi connectivity index (χ1) is 8.69. The van der Waals surface area contributed by atoms with Crippen LogP contribution < -0.4 is 0 Å². The van der Waals surface area contributed by atoms with Crippen LogP contribution in [-0.2, 0) is 17.8 Å². The molecule has 0 aromatic carbocycles. The standard InChI is InChI=1S/C12H23N5O/c1-4-5-6-17-12(13-14-15-17)9-16-7-10(2)18-11(3)8-16/h10-11H,4-9H2,1-3H3. The van der Waals surface area contributed by atoms with Crippen LogP contribution in [0.2, 0.25) is 0 Å². The normalized spacial score (nSPS) is 25.5. The van der Waals surface area contributed by atoms with Crippen molar-refractivity contribution >= 4 is 0 Å². The van der Waals surface area contributed by atoms with E-state index in [-0.39, 0.29) is 12.2 Å². The monoisotopic (exact) mass is 253 g/mol. The number of hydrogen-bond donors (Lipinski definition) is 0. The Morgan fingerprint density at radius 3 is 2.67 bits per heavy atom. The average Bonchev–Trinajstić information content (AvgIpc) is 2.72. The van der Waals surface area contributed by atoms with Crippen molar-refractivity contribution in [3.05, 3.63) is 5.82 Å². The first-order valence-corrected chi connectivity index (χ1v) is 6.82. The van der Waals surface area contributed by atoms with Crippen molar-refractivity contribution in [2.45, 2.75) is 58.9 Å². The van der Waals surface area contributed by atoms with Gasteiger partial charge in [0, 0.05) is 19.6 Å². The number of nitrogens with zero attached hydrogens (tertiary/aromatic N) is 5. The van der Waals surface area contributed by atoms with E-state index in [1.54, 1.807) is 0 Å². The fourth-order valence-corrected chi connectivity index (χ4v) is 2.43. The number of aromatic nitrogens is 4. The molecule has 0 saturated carbocycles. The number of hydrogen-bond acceptors (Lipinski definition) is 5. The molecular weight excluding hydrogens is 230 g/mol. The van der Waals surface area contributed by atoms with Gasteiger partial charge in [-0.3, -0.25) is 4.90 Å². The molecule has 1 aliphatic rings. The van der Waals surface area contributed by atoms with Crippen LogP contribution in [0.5, 0.6) is 0 Å². The summed E-state index contributed by atoms with van der Waals surface area (Å²) in [6, 6.07) is 0. The molecule has 1 aromatic heterocycles. The van der Waals surface area contributed by atoms with E-state index in [9.17, 15) is 0 Å². The third-order valence-electron chi connectivity index (χ3n) is 3.19. The molecule has 0 aliphatic carbocycles. The topological polar surface area (TPSA) is 56.1 Å². The summed E-state index contributed by atoms with van der Waals surface area (Å²) in [6.07, 6.45) is 2.85.